The number of ether oxygens (including phenoxy) is 2. The zero-order chi connectivity index (χ0) is 18.4. The number of carbonyl (C=O) groups is 2. The molecule has 8 heteroatoms. The topological polar surface area (TPSA) is 90.4 Å². The van der Waals surface area contributed by atoms with Gasteiger partial charge in [0.25, 0.3) is 5.91 Å². The van der Waals surface area contributed by atoms with Crippen LogP contribution in [0.4, 0.5) is 5.69 Å². The number of hydrogen-bond donors (Lipinski definition) is 1. The molecule has 0 atom stereocenters. The Hall–Kier alpha value is -3.00. The zero-order valence-corrected chi connectivity index (χ0v) is 14.9. The number of fused-ring (bicyclic) bond motifs is 1. The Morgan fingerprint density at radius 1 is 1.12 bits per heavy atom. The van der Waals surface area contributed by atoms with Crippen molar-refractivity contribution in [2.45, 2.75) is 13.3 Å². The minimum Gasteiger partial charge on any atom is -0.493 e. The fourth-order valence-electron chi connectivity index (χ4n) is 2.27. The van der Waals surface area contributed by atoms with Gasteiger partial charge in [-0.05, 0) is 30.7 Å². The molecule has 0 saturated heterocycles. The summed E-state index contributed by atoms with van der Waals surface area (Å²) in [5, 5.41) is 2.67. The van der Waals surface area contributed by atoms with Crippen LogP contribution in [0.1, 0.15) is 12.0 Å². The quantitative estimate of drug-likeness (QED) is 0.642. The Bertz CT molecular complexity index is 925. The molecular weight excluding hydrogens is 354 g/mol. The van der Waals surface area contributed by atoms with Crippen LogP contribution in [-0.2, 0) is 14.3 Å². The molecule has 0 aliphatic rings. The maximum absolute atomic E-state index is 12.0. The molecule has 0 unspecified atom stereocenters. The van der Waals surface area contributed by atoms with E-state index in [-0.39, 0.29) is 19.6 Å². The summed E-state index contributed by atoms with van der Waals surface area (Å²) < 4.78 is 18.7. The van der Waals surface area contributed by atoms with E-state index in [2.05, 4.69) is 14.1 Å². The Labute approximate surface area is 154 Å². The second-order valence-corrected chi connectivity index (χ2v) is 6.04. The Kier molecular flexibility index (Phi) is 5.75. The zero-order valence-electron chi connectivity index (χ0n) is 14.1. The molecule has 0 saturated carbocycles. The third kappa shape index (κ3) is 4.54. The molecule has 26 heavy (non-hydrogen) atoms. The standard InChI is InChI=1S/C18H17N3O4S/c1-12-5-2-3-8-15(12)24-10-9-17(23)25-11-16(22)19-13-6-4-7-14-18(13)21-26-20-14/h2-8H,9-11H2,1H3,(H,19,22). The van der Waals surface area contributed by atoms with Gasteiger partial charge in [-0.25, -0.2) is 0 Å². The van der Waals surface area contributed by atoms with E-state index in [0.29, 0.717) is 16.7 Å². The number of anilines is 1. The maximum Gasteiger partial charge on any atom is 0.309 e. The van der Waals surface area contributed by atoms with Crippen LogP contribution >= 0.6 is 11.7 Å². The second kappa shape index (κ2) is 8.39. The third-order valence-corrected chi connectivity index (χ3v) is 4.12. The van der Waals surface area contributed by atoms with E-state index in [1.165, 1.54) is 0 Å². The fourth-order valence-corrected chi connectivity index (χ4v) is 2.82. The minimum atomic E-state index is -0.498. The maximum atomic E-state index is 12.0. The van der Waals surface area contributed by atoms with Gasteiger partial charge in [-0.2, -0.15) is 8.75 Å². The largest absolute Gasteiger partial charge is 0.493 e. The van der Waals surface area contributed by atoms with Crippen molar-refractivity contribution in [3.8, 4) is 5.75 Å². The molecule has 0 bridgehead atoms. The highest BCUT2D eigenvalue weighted by molar-refractivity contribution is 7.00. The molecule has 1 amide bonds. The smallest absolute Gasteiger partial charge is 0.309 e. The van der Waals surface area contributed by atoms with Crippen LogP contribution in [0, 0.1) is 6.92 Å². The minimum absolute atomic E-state index is 0.0627. The summed E-state index contributed by atoms with van der Waals surface area (Å²) in [6, 6.07) is 12.8. The highest BCUT2D eigenvalue weighted by Gasteiger charge is 2.11. The van der Waals surface area contributed by atoms with Crippen LogP contribution in [-0.4, -0.2) is 33.8 Å². The van der Waals surface area contributed by atoms with Gasteiger partial charge in [0.1, 0.15) is 16.8 Å². The first-order chi connectivity index (χ1) is 12.6. The third-order valence-electron chi connectivity index (χ3n) is 3.58. The molecule has 1 N–H and O–H groups in total. The summed E-state index contributed by atoms with van der Waals surface area (Å²) >= 11 is 1.07. The first-order valence-corrected chi connectivity index (χ1v) is 8.71. The monoisotopic (exact) mass is 371 g/mol. The number of amides is 1. The number of rotatable bonds is 7. The number of hydrogen-bond acceptors (Lipinski definition) is 7. The summed E-state index contributed by atoms with van der Waals surface area (Å²) in [5.74, 6) is -0.205. The van der Waals surface area contributed by atoms with E-state index < -0.39 is 11.9 Å². The van der Waals surface area contributed by atoms with E-state index in [1.54, 1.807) is 12.1 Å². The molecule has 7 nitrogen and oxygen atoms in total. The van der Waals surface area contributed by atoms with Gasteiger partial charge < -0.3 is 14.8 Å². The Morgan fingerprint density at radius 3 is 2.81 bits per heavy atom. The van der Waals surface area contributed by atoms with Gasteiger partial charge in [-0.1, -0.05) is 24.3 Å². The SMILES string of the molecule is Cc1ccccc1OCCC(=O)OCC(=O)Nc1cccc2nsnc12. The van der Waals surface area contributed by atoms with Gasteiger partial charge in [0.05, 0.1) is 30.4 Å². The highest BCUT2D eigenvalue weighted by atomic mass is 32.1. The van der Waals surface area contributed by atoms with Gasteiger partial charge in [0.2, 0.25) is 0 Å². The molecule has 1 heterocycles. The summed E-state index contributed by atoms with van der Waals surface area (Å²) in [6.07, 6.45) is 0.0627. The number of aryl methyl sites for hydroxylation is 1. The molecule has 1 aromatic heterocycles. The van der Waals surface area contributed by atoms with Gasteiger partial charge in [0.15, 0.2) is 6.61 Å². The number of benzene rings is 2. The lowest BCUT2D eigenvalue weighted by Crippen LogP contribution is -2.21. The lowest BCUT2D eigenvalue weighted by molar-refractivity contribution is -0.147. The average molecular weight is 371 g/mol. The lowest BCUT2D eigenvalue weighted by Gasteiger charge is -2.09. The number of esters is 1. The van der Waals surface area contributed by atoms with Crippen LogP contribution in [0.2, 0.25) is 0 Å². The van der Waals surface area contributed by atoms with E-state index in [1.807, 2.05) is 37.3 Å². The first-order valence-electron chi connectivity index (χ1n) is 7.98. The van der Waals surface area contributed by atoms with Crippen LogP contribution in [0.5, 0.6) is 5.75 Å². The number of aromatic nitrogens is 2. The average Bonchev–Trinajstić information content (AvgIpc) is 3.11. The molecule has 0 radical (unpaired) electrons. The van der Waals surface area contributed by atoms with Crippen LogP contribution in [0.25, 0.3) is 11.0 Å². The normalized spacial score (nSPS) is 10.5. The highest BCUT2D eigenvalue weighted by Crippen LogP contribution is 2.21. The summed E-state index contributed by atoms with van der Waals surface area (Å²) in [7, 11) is 0. The molecule has 3 aromatic rings. The van der Waals surface area contributed by atoms with Crippen molar-refractivity contribution in [2.75, 3.05) is 18.5 Å². The Balaban J connectivity index is 1.42. The van der Waals surface area contributed by atoms with Crippen LogP contribution < -0.4 is 10.1 Å². The number of nitrogens with zero attached hydrogens (tertiary/aromatic N) is 2. The van der Waals surface area contributed by atoms with Crippen LogP contribution in [0.15, 0.2) is 42.5 Å². The van der Waals surface area contributed by atoms with Gasteiger partial charge in [0, 0.05) is 0 Å². The summed E-state index contributed by atoms with van der Waals surface area (Å²) in [5.41, 5.74) is 2.85. The number of carbonyl (C=O) groups excluding carboxylic acids is 2. The molecule has 0 spiro atoms. The van der Waals surface area contributed by atoms with Crippen LogP contribution in [0.3, 0.4) is 0 Å². The number of para-hydroxylation sites is 1. The van der Waals surface area contributed by atoms with Gasteiger partial charge in [-0.3, -0.25) is 9.59 Å². The molecule has 3 rings (SSSR count). The molecule has 0 fully saturated rings. The predicted octanol–water partition coefficient (Wildman–Crippen LogP) is 2.95. The van der Waals surface area contributed by atoms with E-state index in [9.17, 15) is 9.59 Å². The van der Waals surface area contributed by atoms with Crippen molar-refractivity contribution in [1.82, 2.24) is 8.75 Å². The van der Waals surface area contributed by atoms with Crippen molar-refractivity contribution in [3.63, 3.8) is 0 Å². The van der Waals surface area contributed by atoms with Crippen molar-refractivity contribution in [2.24, 2.45) is 0 Å². The molecule has 2 aromatic carbocycles. The molecule has 134 valence electrons. The number of nitrogens with one attached hydrogen (secondary N) is 1. The predicted molar refractivity (Wildman–Crippen MR) is 98.3 cm³/mol. The van der Waals surface area contributed by atoms with E-state index in [0.717, 1.165) is 23.0 Å². The molecule has 0 aliphatic heterocycles. The molecular formula is C18H17N3O4S. The van der Waals surface area contributed by atoms with E-state index in [4.69, 9.17) is 9.47 Å². The summed E-state index contributed by atoms with van der Waals surface area (Å²) in [4.78, 5) is 23.7. The fraction of sp³-hybridized carbons (Fsp3) is 0.222. The Morgan fingerprint density at radius 2 is 1.96 bits per heavy atom. The van der Waals surface area contributed by atoms with Crippen molar-refractivity contribution >= 4 is 40.3 Å². The van der Waals surface area contributed by atoms with Crippen molar-refractivity contribution < 1.29 is 19.1 Å². The van der Waals surface area contributed by atoms with E-state index >= 15 is 0 Å². The van der Waals surface area contributed by atoms with Crippen molar-refractivity contribution in [1.29, 1.82) is 0 Å². The lowest BCUT2D eigenvalue weighted by atomic mass is 10.2. The van der Waals surface area contributed by atoms with Gasteiger partial charge in [-0.15, -0.1) is 0 Å². The summed E-state index contributed by atoms with van der Waals surface area (Å²) in [6.45, 7) is 1.75. The second-order valence-electron chi connectivity index (χ2n) is 5.51. The van der Waals surface area contributed by atoms with Crippen molar-refractivity contribution in [3.05, 3.63) is 48.0 Å². The van der Waals surface area contributed by atoms with Gasteiger partial charge >= 0.3 is 5.97 Å². The molecule has 0 aliphatic carbocycles. The first kappa shape index (κ1) is 17.8.